The Hall–Kier alpha value is -2.92. The zero-order valence-corrected chi connectivity index (χ0v) is 17.5. The van der Waals surface area contributed by atoms with Gasteiger partial charge in [-0.15, -0.1) is 0 Å². The largest absolute Gasteiger partial charge is 0.381 e. The fraction of sp³-hybridized carbons (Fsp3) is 0.360. The number of para-hydroxylation sites is 1. The molecule has 156 valence electrons. The van der Waals surface area contributed by atoms with Gasteiger partial charge in [0.25, 0.3) is 11.8 Å². The van der Waals surface area contributed by atoms with Crippen LogP contribution in [0.5, 0.6) is 0 Å². The average molecular weight is 405 g/mol. The molecule has 2 heterocycles. The van der Waals surface area contributed by atoms with Crippen LogP contribution in [-0.2, 0) is 20.7 Å². The molecule has 0 fully saturated rings. The molecule has 0 N–H and O–H groups in total. The highest BCUT2D eigenvalue weighted by Gasteiger charge is 2.42. The molecular formula is C25H28N2O3. The SMILES string of the molecule is CCCCOCCCN1C(=O)C(c2ccccc2)=C(N2CCc3ccccc32)C1=O. The fourth-order valence-corrected chi connectivity index (χ4v) is 4.13. The van der Waals surface area contributed by atoms with E-state index in [9.17, 15) is 9.59 Å². The van der Waals surface area contributed by atoms with E-state index in [2.05, 4.69) is 13.0 Å². The number of hydrogen-bond donors (Lipinski definition) is 0. The number of amides is 2. The van der Waals surface area contributed by atoms with Crippen molar-refractivity contribution < 1.29 is 14.3 Å². The first-order valence-electron chi connectivity index (χ1n) is 10.8. The van der Waals surface area contributed by atoms with Gasteiger partial charge in [0.05, 0.1) is 5.57 Å². The molecule has 0 bridgehead atoms. The van der Waals surface area contributed by atoms with E-state index in [1.54, 1.807) is 0 Å². The standard InChI is InChI=1S/C25H28N2O3/c1-2-3-17-30-18-9-15-27-24(28)22(20-11-5-4-6-12-20)23(25(27)29)26-16-14-19-10-7-8-13-21(19)26/h4-8,10-13H,2-3,9,14-18H2,1H3. The molecule has 30 heavy (non-hydrogen) atoms. The van der Waals surface area contributed by atoms with E-state index in [1.807, 2.05) is 53.4 Å². The number of imide groups is 1. The number of rotatable bonds is 9. The summed E-state index contributed by atoms with van der Waals surface area (Å²) in [5.74, 6) is -0.414. The van der Waals surface area contributed by atoms with Crippen LogP contribution in [0.1, 0.15) is 37.3 Å². The van der Waals surface area contributed by atoms with E-state index in [1.165, 1.54) is 10.5 Å². The van der Waals surface area contributed by atoms with Crippen molar-refractivity contribution in [2.24, 2.45) is 0 Å². The Morgan fingerprint density at radius 3 is 2.43 bits per heavy atom. The monoisotopic (exact) mass is 404 g/mol. The van der Waals surface area contributed by atoms with Gasteiger partial charge in [-0.2, -0.15) is 0 Å². The Morgan fingerprint density at radius 1 is 0.900 bits per heavy atom. The van der Waals surface area contributed by atoms with Gasteiger partial charge in [-0.3, -0.25) is 14.5 Å². The molecule has 0 spiro atoms. The maximum atomic E-state index is 13.4. The molecular weight excluding hydrogens is 376 g/mol. The van der Waals surface area contributed by atoms with Crippen LogP contribution in [0.25, 0.3) is 5.57 Å². The van der Waals surface area contributed by atoms with Crippen molar-refractivity contribution in [2.45, 2.75) is 32.6 Å². The molecule has 0 saturated carbocycles. The van der Waals surface area contributed by atoms with E-state index in [0.29, 0.717) is 37.4 Å². The summed E-state index contributed by atoms with van der Waals surface area (Å²) in [7, 11) is 0. The van der Waals surface area contributed by atoms with Gasteiger partial charge in [0.1, 0.15) is 5.70 Å². The van der Waals surface area contributed by atoms with Gasteiger partial charge >= 0.3 is 0 Å². The topological polar surface area (TPSA) is 49.9 Å². The lowest BCUT2D eigenvalue weighted by molar-refractivity contribution is -0.137. The molecule has 0 aliphatic carbocycles. The van der Waals surface area contributed by atoms with Gasteiger partial charge in [-0.05, 0) is 36.5 Å². The number of ether oxygens (including phenoxy) is 1. The summed E-state index contributed by atoms with van der Waals surface area (Å²) in [5.41, 5.74) is 4.02. The fourth-order valence-electron chi connectivity index (χ4n) is 4.13. The van der Waals surface area contributed by atoms with Crippen LogP contribution in [0.3, 0.4) is 0 Å². The molecule has 0 aromatic heterocycles. The Bertz CT molecular complexity index is 952. The lowest BCUT2D eigenvalue weighted by atomic mass is 10.0. The first-order valence-corrected chi connectivity index (χ1v) is 10.8. The lowest BCUT2D eigenvalue weighted by Gasteiger charge is -2.21. The predicted octanol–water partition coefficient (Wildman–Crippen LogP) is 4.04. The Balaban J connectivity index is 1.60. The Kier molecular flexibility index (Phi) is 6.29. The van der Waals surface area contributed by atoms with E-state index >= 15 is 0 Å². The first-order chi connectivity index (χ1) is 14.7. The van der Waals surface area contributed by atoms with Crippen LogP contribution in [0, 0.1) is 0 Å². The van der Waals surface area contributed by atoms with Crippen LogP contribution < -0.4 is 4.90 Å². The Morgan fingerprint density at radius 2 is 1.63 bits per heavy atom. The molecule has 2 aliphatic heterocycles. The highest BCUT2D eigenvalue weighted by atomic mass is 16.5. The third kappa shape index (κ3) is 3.90. The second kappa shape index (κ2) is 9.26. The summed E-state index contributed by atoms with van der Waals surface area (Å²) in [4.78, 5) is 30.2. The van der Waals surface area contributed by atoms with Crippen molar-refractivity contribution in [3.63, 3.8) is 0 Å². The summed E-state index contributed by atoms with van der Waals surface area (Å²) >= 11 is 0. The van der Waals surface area contributed by atoms with Gasteiger partial charge in [-0.25, -0.2) is 0 Å². The summed E-state index contributed by atoms with van der Waals surface area (Å²) in [6, 6.07) is 17.6. The average Bonchev–Trinajstić information content (AvgIpc) is 3.30. The molecule has 5 heteroatoms. The molecule has 5 nitrogen and oxygen atoms in total. The molecule has 2 amide bonds. The van der Waals surface area contributed by atoms with Gasteiger partial charge in [0.2, 0.25) is 0 Å². The van der Waals surface area contributed by atoms with Gasteiger partial charge in [0, 0.05) is 32.0 Å². The minimum atomic E-state index is -0.209. The van der Waals surface area contributed by atoms with Crippen LogP contribution in [0.15, 0.2) is 60.3 Å². The Labute approximate surface area is 177 Å². The second-order valence-corrected chi connectivity index (χ2v) is 7.70. The molecule has 0 saturated heterocycles. The number of fused-ring (bicyclic) bond motifs is 1. The molecule has 0 unspecified atom stereocenters. The second-order valence-electron chi connectivity index (χ2n) is 7.70. The number of anilines is 1. The van der Waals surface area contributed by atoms with Crippen LogP contribution in [0.2, 0.25) is 0 Å². The van der Waals surface area contributed by atoms with E-state index in [4.69, 9.17) is 4.74 Å². The lowest BCUT2D eigenvalue weighted by Crippen LogP contribution is -2.36. The van der Waals surface area contributed by atoms with Gasteiger partial charge in [-0.1, -0.05) is 61.9 Å². The van der Waals surface area contributed by atoms with Crippen LogP contribution in [0.4, 0.5) is 5.69 Å². The third-order valence-electron chi connectivity index (χ3n) is 5.68. The minimum Gasteiger partial charge on any atom is -0.381 e. The number of nitrogens with zero attached hydrogens (tertiary/aromatic N) is 2. The highest BCUT2D eigenvalue weighted by molar-refractivity contribution is 6.36. The summed E-state index contributed by atoms with van der Waals surface area (Å²) in [5, 5.41) is 0. The predicted molar refractivity (Wildman–Crippen MR) is 118 cm³/mol. The number of unbranched alkanes of at least 4 members (excludes halogenated alkanes) is 1. The zero-order valence-electron chi connectivity index (χ0n) is 17.5. The molecule has 0 radical (unpaired) electrons. The quantitative estimate of drug-likeness (QED) is 0.468. The number of hydrogen-bond acceptors (Lipinski definition) is 4. The summed E-state index contributed by atoms with van der Waals surface area (Å²) in [6.45, 7) is 4.48. The van der Waals surface area contributed by atoms with Crippen molar-refractivity contribution in [3.05, 3.63) is 71.4 Å². The van der Waals surface area contributed by atoms with Gasteiger partial charge < -0.3 is 9.64 Å². The van der Waals surface area contributed by atoms with Crippen molar-refractivity contribution in [1.82, 2.24) is 4.90 Å². The molecule has 2 aromatic rings. The number of carbonyl (C=O) groups is 2. The smallest absolute Gasteiger partial charge is 0.278 e. The molecule has 4 rings (SSSR count). The number of carbonyl (C=O) groups excluding carboxylic acids is 2. The number of benzene rings is 2. The van der Waals surface area contributed by atoms with Crippen molar-refractivity contribution in [2.75, 3.05) is 31.2 Å². The molecule has 0 atom stereocenters. The van der Waals surface area contributed by atoms with E-state index < -0.39 is 0 Å². The van der Waals surface area contributed by atoms with Gasteiger partial charge in [0.15, 0.2) is 0 Å². The molecule has 2 aliphatic rings. The van der Waals surface area contributed by atoms with E-state index in [-0.39, 0.29) is 11.8 Å². The zero-order chi connectivity index (χ0) is 20.9. The summed E-state index contributed by atoms with van der Waals surface area (Å²) in [6.07, 6.45) is 3.63. The van der Waals surface area contributed by atoms with Crippen LogP contribution in [-0.4, -0.2) is 43.0 Å². The maximum absolute atomic E-state index is 13.4. The van der Waals surface area contributed by atoms with Crippen molar-refractivity contribution in [3.8, 4) is 0 Å². The summed E-state index contributed by atoms with van der Waals surface area (Å²) < 4.78 is 5.62. The first kappa shape index (κ1) is 20.4. The van der Waals surface area contributed by atoms with Crippen molar-refractivity contribution in [1.29, 1.82) is 0 Å². The third-order valence-corrected chi connectivity index (χ3v) is 5.68. The molecule has 2 aromatic carbocycles. The maximum Gasteiger partial charge on any atom is 0.278 e. The minimum absolute atomic E-state index is 0.205. The van der Waals surface area contributed by atoms with E-state index in [0.717, 1.165) is 37.1 Å². The highest BCUT2D eigenvalue weighted by Crippen LogP contribution is 2.38. The van der Waals surface area contributed by atoms with Crippen LogP contribution >= 0.6 is 0 Å². The van der Waals surface area contributed by atoms with Crippen molar-refractivity contribution >= 4 is 23.1 Å². The normalized spacial score (nSPS) is 16.0.